The minimum Gasteiger partial charge on any atom is -0.393 e. The third-order valence-electron chi connectivity index (χ3n) is 2.97. The number of hydrogen-bond acceptors (Lipinski definition) is 2. The lowest BCUT2D eigenvalue weighted by atomic mass is 10.1. The fraction of sp³-hybridized carbons (Fsp3) is 0.500. The number of aliphatic hydroxyl groups is 1. The molecule has 2 aromatic rings. The molecule has 1 atom stereocenters. The van der Waals surface area contributed by atoms with Crippen LogP contribution in [0.4, 0.5) is 0 Å². The molecule has 0 bridgehead atoms. The van der Waals surface area contributed by atoms with Gasteiger partial charge in [-0.05, 0) is 31.9 Å². The highest BCUT2D eigenvalue weighted by molar-refractivity contribution is 5.74. The first-order chi connectivity index (χ1) is 8.25. The van der Waals surface area contributed by atoms with Crippen LogP contribution >= 0.6 is 0 Å². The summed E-state index contributed by atoms with van der Waals surface area (Å²) in [4.78, 5) is 7.88. The lowest BCUT2D eigenvalue weighted by Gasteiger charge is -2.02. The number of aliphatic hydroxyl groups excluding tert-OH is 1. The number of unbranched alkanes of at least 4 members (excludes halogenated alkanes) is 2. The summed E-state index contributed by atoms with van der Waals surface area (Å²) in [7, 11) is 0. The van der Waals surface area contributed by atoms with Crippen LogP contribution in [-0.2, 0) is 6.42 Å². The van der Waals surface area contributed by atoms with Gasteiger partial charge in [-0.15, -0.1) is 0 Å². The fourth-order valence-electron chi connectivity index (χ4n) is 2.03. The number of para-hydroxylation sites is 2. The maximum atomic E-state index is 9.15. The van der Waals surface area contributed by atoms with Gasteiger partial charge < -0.3 is 10.1 Å². The van der Waals surface area contributed by atoms with E-state index >= 15 is 0 Å². The minimum atomic E-state index is -0.166. The first-order valence-electron chi connectivity index (χ1n) is 6.37. The van der Waals surface area contributed by atoms with E-state index < -0.39 is 0 Å². The number of nitrogens with zero attached hydrogens (tertiary/aromatic N) is 1. The Morgan fingerprint density at radius 1 is 1.24 bits per heavy atom. The molecule has 3 nitrogen and oxygen atoms in total. The molecule has 1 heterocycles. The number of aryl methyl sites for hydroxylation is 1. The molecule has 0 saturated heterocycles. The van der Waals surface area contributed by atoms with Crippen molar-refractivity contribution in [1.29, 1.82) is 0 Å². The van der Waals surface area contributed by atoms with Gasteiger partial charge in [0.15, 0.2) is 0 Å². The number of nitrogens with one attached hydrogen (secondary N) is 1. The Hall–Kier alpha value is -1.35. The first-order valence-corrected chi connectivity index (χ1v) is 6.37. The summed E-state index contributed by atoms with van der Waals surface area (Å²) >= 11 is 0. The van der Waals surface area contributed by atoms with Gasteiger partial charge in [0.2, 0.25) is 0 Å². The van der Waals surface area contributed by atoms with E-state index in [1.54, 1.807) is 0 Å². The van der Waals surface area contributed by atoms with Crippen LogP contribution in [-0.4, -0.2) is 21.2 Å². The highest BCUT2D eigenvalue weighted by atomic mass is 16.3. The van der Waals surface area contributed by atoms with Gasteiger partial charge in [-0.1, -0.05) is 25.0 Å². The van der Waals surface area contributed by atoms with Gasteiger partial charge in [-0.25, -0.2) is 4.98 Å². The maximum Gasteiger partial charge on any atom is 0.107 e. The number of benzene rings is 1. The summed E-state index contributed by atoms with van der Waals surface area (Å²) in [6.45, 7) is 1.85. The maximum absolute atomic E-state index is 9.15. The van der Waals surface area contributed by atoms with Gasteiger partial charge in [0.1, 0.15) is 5.82 Å². The van der Waals surface area contributed by atoms with Gasteiger partial charge in [0.05, 0.1) is 17.1 Å². The normalized spacial score (nSPS) is 13.1. The topological polar surface area (TPSA) is 48.9 Å². The van der Waals surface area contributed by atoms with Crippen molar-refractivity contribution in [3.63, 3.8) is 0 Å². The zero-order valence-corrected chi connectivity index (χ0v) is 10.3. The standard InChI is InChI=1S/C14H20N2O/c1-11(17)7-3-2-4-10-14-15-12-8-5-6-9-13(12)16-14/h5-6,8-9,11,17H,2-4,7,10H2,1H3,(H,15,16). The van der Waals surface area contributed by atoms with Crippen molar-refractivity contribution >= 4 is 11.0 Å². The molecule has 3 heteroatoms. The van der Waals surface area contributed by atoms with Crippen molar-refractivity contribution in [3.8, 4) is 0 Å². The number of H-pyrrole nitrogens is 1. The van der Waals surface area contributed by atoms with E-state index in [0.29, 0.717) is 0 Å². The van der Waals surface area contributed by atoms with Gasteiger partial charge in [-0.3, -0.25) is 0 Å². The van der Waals surface area contributed by atoms with Gasteiger partial charge >= 0.3 is 0 Å². The van der Waals surface area contributed by atoms with Crippen LogP contribution in [0.25, 0.3) is 11.0 Å². The zero-order chi connectivity index (χ0) is 12.1. The Labute approximate surface area is 102 Å². The summed E-state index contributed by atoms with van der Waals surface area (Å²) in [6.07, 6.45) is 5.11. The molecule has 0 spiro atoms. The Bertz CT molecular complexity index is 429. The second-order valence-corrected chi connectivity index (χ2v) is 4.65. The smallest absolute Gasteiger partial charge is 0.107 e. The highest BCUT2D eigenvalue weighted by Crippen LogP contribution is 2.12. The molecule has 17 heavy (non-hydrogen) atoms. The van der Waals surface area contributed by atoms with E-state index in [2.05, 4.69) is 16.0 Å². The summed E-state index contributed by atoms with van der Waals surface area (Å²) < 4.78 is 0. The average molecular weight is 232 g/mol. The largest absolute Gasteiger partial charge is 0.393 e. The average Bonchev–Trinajstić information content (AvgIpc) is 2.70. The Morgan fingerprint density at radius 3 is 2.82 bits per heavy atom. The number of aromatic nitrogens is 2. The molecule has 1 unspecified atom stereocenters. The molecule has 0 fully saturated rings. The van der Waals surface area contributed by atoms with E-state index in [-0.39, 0.29) is 6.10 Å². The number of aromatic amines is 1. The molecule has 2 rings (SSSR count). The predicted molar refractivity (Wildman–Crippen MR) is 69.9 cm³/mol. The molecule has 0 aliphatic carbocycles. The molecular weight excluding hydrogens is 212 g/mol. The molecule has 0 aliphatic heterocycles. The van der Waals surface area contributed by atoms with Crippen LogP contribution in [0.15, 0.2) is 24.3 Å². The molecule has 0 amide bonds. The lowest BCUT2D eigenvalue weighted by Crippen LogP contribution is -1.98. The van der Waals surface area contributed by atoms with Crippen molar-refractivity contribution in [1.82, 2.24) is 9.97 Å². The van der Waals surface area contributed by atoms with Gasteiger partial charge in [0.25, 0.3) is 0 Å². The van der Waals surface area contributed by atoms with Crippen molar-refractivity contribution in [3.05, 3.63) is 30.1 Å². The summed E-state index contributed by atoms with van der Waals surface area (Å²) in [5.74, 6) is 1.07. The highest BCUT2D eigenvalue weighted by Gasteiger charge is 2.01. The number of fused-ring (bicyclic) bond motifs is 1. The Balaban J connectivity index is 1.79. The third-order valence-corrected chi connectivity index (χ3v) is 2.97. The molecule has 1 aromatic heterocycles. The molecule has 92 valence electrons. The van der Waals surface area contributed by atoms with Crippen molar-refractivity contribution < 1.29 is 5.11 Å². The summed E-state index contributed by atoms with van der Waals surface area (Å²) in [6, 6.07) is 8.12. The zero-order valence-electron chi connectivity index (χ0n) is 10.3. The van der Waals surface area contributed by atoms with Gasteiger partial charge in [-0.2, -0.15) is 0 Å². The fourth-order valence-corrected chi connectivity index (χ4v) is 2.03. The van der Waals surface area contributed by atoms with Crippen molar-refractivity contribution in [2.24, 2.45) is 0 Å². The van der Waals surface area contributed by atoms with E-state index in [0.717, 1.165) is 49.0 Å². The third kappa shape index (κ3) is 3.56. The molecule has 0 saturated carbocycles. The van der Waals surface area contributed by atoms with Crippen LogP contribution in [0.1, 0.15) is 38.4 Å². The van der Waals surface area contributed by atoms with E-state index in [9.17, 15) is 0 Å². The van der Waals surface area contributed by atoms with Crippen LogP contribution in [0, 0.1) is 0 Å². The minimum absolute atomic E-state index is 0.166. The monoisotopic (exact) mass is 232 g/mol. The molecule has 1 aromatic carbocycles. The summed E-state index contributed by atoms with van der Waals surface area (Å²) in [5.41, 5.74) is 2.16. The Morgan fingerprint density at radius 2 is 2.06 bits per heavy atom. The number of rotatable bonds is 6. The quantitative estimate of drug-likeness (QED) is 0.752. The second-order valence-electron chi connectivity index (χ2n) is 4.65. The molecule has 0 aliphatic rings. The molecule has 0 radical (unpaired) electrons. The summed E-state index contributed by atoms with van der Waals surface area (Å²) in [5, 5.41) is 9.15. The van der Waals surface area contributed by atoms with Crippen molar-refractivity contribution in [2.75, 3.05) is 0 Å². The van der Waals surface area contributed by atoms with Crippen LogP contribution in [0.3, 0.4) is 0 Å². The second kappa shape index (κ2) is 5.82. The van der Waals surface area contributed by atoms with Crippen molar-refractivity contribution in [2.45, 2.75) is 45.1 Å². The van der Waals surface area contributed by atoms with E-state index in [4.69, 9.17) is 5.11 Å². The molecule has 2 N–H and O–H groups in total. The first kappa shape index (κ1) is 12.1. The van der Waals surface area contributed by atoms with E-state index in [1.165, 1.54) is 0 Å². The lowest BCUT2D eigenvalue weighted by molar-refractivity contribution is 0.180. The number of imidazole rings is 1. The molecular formula is C14H20N2O. The Kier molecular flexibility index (Phi) is 4.15. The van der Waals surface area contributed by atoms with Crippen LogP contribution in [0.5, 0.6) is 0 Å². The number of hydrogen-bond donors (Lipinski definition) is 2. The van der Waals surface area contributed by atoms with Gasteiger partial charge in [0, 0.05) is 6.42 Å². The van der Waals surface area contributed by atoms with E-state index in [1.807, 2.05) is 25.1 Å². The predicted octanol–water partition coefficient (Wildman–Crippen LogP) is 3.05. The van der Waals surface area contributed by atoms with Crippen LogP contribution in [0.2, 0.25) is 0 Å². The SMILES string of the molecule is CC(O)CCCCCc1nc2ccccc2[nH]1. The van der Waals surface area contributed by atoms with Crippen LogP contribution < -0.4 is 0 Å².